The zero-order chi connectivity index (χ0) is 22.7. The molecule has 0 bridgehead atoms. The van der Waals surface area contributed by atoms with Gasteiger partial charge in [-0.15, -0.1) is 0 Å². The second-order valence-corrected chi connectivity index (χ2v) is 7.29. The molecular formula is C23H28O8. The first-order valence-electron chi connectivity index (χ1n) is 9.81. The molecule has 0 aromatic heterocycles. The molecule has 0 amide bonds. The summed E-state index contributed by atoms with van der Waals surface area (Å²) < 4.78 is 32.6. The number of phenols is 1. The summed E-state index contributed by atoms with van der Waals surface area (Å²) in [6.07, 6.45) is 0. The smallest absolute Gasteiger partial charge is 0.309 e. The van der Waals surface area contributed by atoms with E-state index in [0.717, 1.165) is 11.1 Å². The molecule has 8 heteroatoms. The SMILES string of the molecule is COc1cc(C(c2cc(OC)c(OC)c(OC)c2)C2COC(=O)C2C)cc(OC)c1O. The molecule has 1 fully saturated rings. The Hall–Kier alpha value is -3.29. The summed E-state index contributed by atoms with van der Waals surface area (Å²) in [6, 6.07) is 7.18. The molecule has 0 spiro atoms. The minimum Gasteiger partial charge on any atom is -0.502 e. The van der Waals surface area contributed by atoms with Crippen molar-refractivity contribution in [3.05, 3.63) is 35.4 Å². The highest BCUT2D eigenvalue weighted by Gasteiger charge is 2.41. The summed E-state index contributed by atoms with van der Waals surface area (Å²) in [5.74, 6) is 0.844. The van der Waals surface area contributed by atoms with Gasteiger partial charge in [0.05, 0.1) is 48.1 Å². The minimum absolute atomic E-state index is 0.0933. The Morgan fingerprint density at radius 2 is 1.29 bits per heavy atom. The molecule has 8 nitrogen and oxygen atoms in total. The van der Waals surface area contributed by atoms with Gasteiger partial charge in [-0.05, 0) is 35.4 Å². The molecular weight excluding hydrogens is 404 g/mol. The summed E-state index contributed by atoms with van der Waals surface area (Å²) in [4.78, 5) is 12.2. The van der Waals surface area contributed by atoms with Crippen LogP contribution in [0.1, 0.15) is 24.0 Å². The monoisotopic (exact) mass is 432 g/mol. The van der Waals surface area contributed by atoms with Crippen molar-refractivity contribution in [1.29, 1.82) is 0 Å². The number of hydrogen-bond donors (Lipinski definition) is 1. The number of methoxy groups -OCH3 is 5. The molecule has 0 radical (unpaired) electrons. The van der Waals surface area contributed by atoms with Gasteiger partial charge in [-0.25, -0.2) is 0 Å². The number of carbonyl (C=O) groups is 1. The van der Waals surface area contributed by atoms with Gasteiger partial charge in [-0.1, -0.05) is 6.92 Å². The van der Waals surface area contributed by atoms with E-state index in [-0.39, 0.29) is 47.6 Å². The Labute approximate surface area is 181 Å². The van der Waals surface area contributed by atoms with Crippen LogP contribution in [0.5, 0.6) is 34.5 Å². The predicted octanol–water partition coefficient (Wildman–Crippen LogP) is 3.38. The Morgan fingerprint density at radius 1 is 0.839 bits per heavy atom. The van der Waals surface area contributed by atoms with E-state index in [1.165, 1.54) is 14.2 Å². The molecule has 1 heterocycles. The third-order valence-corrected chi connectivity index (χ3v) is 5.77. The van der Waals surface area contributed by atoms with Gasteiger partial charge in [0.15, 0.2) is 23.0 Å². The van der Waals surface area contributed by atoms with E-state index in [9.17, 15) is 9.90 Å². The van der Waals surface area contributed by atoms with Crippen LogP contribution in [0.4, 0.5) is 0 Å². The summed E-state index contributed by atoms with van der Waals surface area (Å²) in [6.45, 7) is 2.10. The lowest BCUT2D eigenvalue weighted by Gasteiger charge is -2.27. The fourth-order valence-corrected chi connectivity index (χ4v) is 4.07. The van der Waals surface area contributed by atoms with Crippen molar-refractivity contribution >= 4 is 5.97 Å². The predicted molar refractivity (Wildman–Crippen MR) is 113 cm³/mol. The zero-order valence-corrected chi connectivity index (χ0v) is 18.6. The first-order chi connectivity index (χ1) is 14.9. The van der Waals surface area contributed by atoms with Crippen LogP contribution in [-0.2, 0) is 9.53 Å². The highest BCUT2D eigenvalue weighted by atomic mass is 16.5. The van der Waals surface area contributed by atoms with E-state index in [4.69, 9.17) is 28.4 Å². The molecule has 2 aromatic carbocycles. The Morgan fingerprint density at radius 3 is 1.65 bits per heavy atom. The number of aromatic hydroxyl groups is 1. The highest BCUT2D eigenvalue weighted by Crippen LogP contribution is 2.48. The zero-order valence-electron chi connectivity index (χ0n) is 18.6. The number of benzene rings is 2. The molecule has 3 atom stereocenters. The lowest BCUT2D eigenvalue weighted by molar-refractivity contribution is -0.140. The molecule has 3 rings (SSSR count). The number of rotatable bonds is 8. The molecule has 31 heavy (non-hydrogen) atoms. The van der Waals surface area contributed by atoms with Gasteiger partial charge in [0, 0.05) is 11.8 Å². The van der Waals surface area contributed by atoms with Crippen LogP contribution in [0.3, 0.4) is 0 Å². The van der Waals surface area contributed by atoms with Crippen molar-refractivity contribution < 1.29 is 38.3 Å². The third-order valence-electron chi connectivity index (χ3n) is 5.77. The van der Waals surface area contributed by atoms with E-state index in [1.807, 2.05) is 19.1 Å². The summed E-state index contributed by atoms with van der Waals surface area (Å²) in [5.41, 5.74) is 1.62. The second kappa shape index (κ2) is 9.24. The van der Waals surface area contributed by atoms with Gasteiger partial charge in [-0.3, -0.25) is 4.79 Å². The average molecular weight is 432 g/mol. The standard InChI is InChI=1S/C23H28O8/c1-12-15(11-31-23(12)25)20(13-7-16(26-2)21(24)17(8-13)27-3)14-9-18(28-4)22(30-6)19(10-14)29-5/h7-10,12,15,20,24H,11H2,1-6H3. The maximum absolute atomic E-state index is 12.2. The summed E-state index contributed by atoms with van der Waals surface area (Å²) >= 11 is 0. The summed E-state index contributed by atoms with van der Waals surface area (Å²) in [7, 11) is 7.58. The Balaban J connectivity index is 2.26. The maximum Gasteiger partial charge on any atom is 0.309 e. The lowest BCUT2D eigenvalue weighted by atomic mass is 9.76. The summed E-state index contributed by atoms with van der Waals surface area (Å²) in [5, 5.41) is 10.4. The van der Waals surface area contributed by atoms with Gasteiger partial charge < -0.3 is 33.5 Å². The van der Waals surface area contributed by atoms with E-state index in [1.54, 1.807) is 33.5 Å². The average Bonchev–Trinajstić information content (AvgIpc) is 3.11. The van der Waals surface area contributed by atoms with E-state index in [0.29, 0.717) is 17.2 Å². The normalized spacial score (nSPS) is 18.8. The van der Waals surface area contributed by atoms with Crippen LogP contribution < -0.4 is 23.7 Å². The van der Waals surface area contributed by atoms with Crippen molar-refractivity contribution in [2.24, 2.45) is 11.8 Å². The third kappa shape index (κ3) is 4.02. The van der Waals surface area contributed by atoms with Crippen LogP contribution in [0, 0.1) is 11.8 Å². The molecule has 0 aliphatic carbocycles. The van der Waals surface area contributed by atoms with Crippen LogP contribution in [-0.4, -0.2) is 53.2 Å². The van der Waals surface area contributed by atoms with Crippen LogP contribution in [0.25, 0.3) is 0 Å². The van der Waals surface area contributed by atoms with Gasteiger partial charge in [0.25, 0.3) is 0 Å². The van der Waals surface area contributed by atoms with E-state index in [2.05, 4.69) is 0 Å². The maximum atomic E-state index is 12.2. The lowest BCUT2D eigenvalue weighted by Crippen LogP contribution is -2.22. The van der Waals surface area contributed by atoms with Gasteiger partial charge in [0.1, 0.15) is 0 Å². The van der Waals surface area contributed by atoms with Gasteiger partial charge >= 0.3 is 5.97 Å². The number of ether oxygens (including phenoxy) is 6. The topological polar surface area (TPSA) is 92.7 Å². The van der Waals surface area contributed by atoms with E-state index >= 15 is 0 Å². The van der Waals surface area contributed by atoms with E-state index < -0.39 is 0 Å². The van der Waals surface area contributed by atoms with Crippen LogP contribution in [0.2, 0.25) is 0 Å². The first kappa shape index (κ1) is 22.4. The molecule has 0 saturated carbocycles. The number of phenolic OH excluding ortho intramolecular Hbond substituents is 1. The van der Waals surface area contributed by atoms with Gasteiger partial charge in [0.2, 0.25) is 11.5 Å². The van der Waals surface area contributed by atoms with Crippen molar-refractivity contribution in [3.8, 4) is 34.5 Å². The molecule has 3 unspecified atom stereocenters. The van der Waals surface area contributed by atoms with Crippen molar-refractivity contribution in [2.45, 2.75) is 12.8 Å². The molecule has 1 aliphatic heterocycles. The van der Waals surface area contributed by atoms with Gasteiger partial charge in [-0.2, -0.15) is 0 Å². The molecule has 2 aromatic rings. The van der Waals surface area contributed by atoms with Crippen molar-refractivity contribution in [3.63, 3.8) is 0 Å². The quantitative estimate of drug-likeness (QED) is 0.635. The number of esters is 1. The largest absolute Gasteiger partial charge is 0.502 e. The fraction of sp³-hybridized carbons (Fsp3) is 0.435. The molecule has 1 saturated heterocycles. The fourth-order valence-electron chi connectivity index (χ4n) is 4.07. The van der Waals surface area contributed by atoms with Crippen LogP contribution >= 0.6 is 0 Å². The van der Waals surface area contributed by atoms with Crippen molar-refractivity contribution in [1.82, 2.24) is 0 Å². The first-order valence-corrected chi connectivity index (χ1v) is 9.81. The minimum atomic E-state index is -0.338. The van der Waals surface area contributed by atoms with Crippen molar-refractivity contribution in [2.75, 3.05) is 42.2 Å². The number of hydrogen-bond acceptors (Lipinski definition) is 8. The van der Waals surface area contributed by atoms with Crippen LogP contribution in [0.15, 0.2) is 24.3 Å². The number of carbonyl (C=O) groups excluding carboxylic acids is 1. The Bertz CT molecular complexity index is 905. The highest BCUT2D eigenvalue weighted by molar-refractivity contribution is 5.75. The molecule has 1 N–H and O–H groups in total. The number of cyclic esters (lactones) is 1. The second-order valence-electron chi connectivity index (χ2n) is 7.29. The Kier molecular flexibility index (Phi) is 6.68. The molecule has 1 aliphatic rings. The molecule has 168 valence electrons.